The van der Waals surface area contributed by atoms with Gasteiger partial charge in [-0.25, -0.2) is 0 Å². The molecule has 0 heterocycles. The van der Waals surface area contributed by atoms with E-state index in [1.54, 1.807) is 6.07 Å². The van der Waals surface area contributed by atoms with Crippen LogP contribution in [-0.4, -0.2) is 29.8 Å². The Morgan fingerprint density at radius 1 is 1.17 bits per heavy atom. The summed E-state index contributed by atoms with van der Waals surface area (Å²) < 4.78 is 0.907. The normalized spacial score (nSPS) is 10.5. The lowest BCUT2D eigenvalue weighted by Gasteiger charge is -2.21. The van der Waals surface area contributed by atoms with Gasteiger partial charge in [0.2, 0.25) is 11.8 Å². The third kappa shape index (κ3) is 7.67. The number of rotatable bonds is 10. The van der Waals surface area contributed by atoms with E-state index in [0.29, 0.717) is 30.8 Å². The Labute approximate surface area is 158 Å². The van der Waals surface area contributed by atoms with E-state index >= 15 is 0 Å². The van der Waals surface area contributed by atoms with Gasteiger partial charge >= 0.3 is 0 Å². The first kappa shape index (κ1) is 21.0. The van der Waals surface area contributed by atoms with Gasteiger partial charge in [0.05, 0.1) is 0 Å². The van der Waals surface area contributed by atoms with Crippen molar-refractivity contribution >= 4 is 39.3 Å². The van der Waals surface area contributed by atoms with Gasteiger partial charge < -0.3 is 10.2 Å². The van der Waals surface area contributed by atoms with Crippen LogP contribution >= 0.6 is 27.5 Å². The van der Waals surface area contributed by atoms with Crippen molar-refractivity contribution in [2.24, 2.45) is 0 Å². The predicted octanol–water partition coefficient (Wildman–Crippen LogP) is 4.54. The molecule has 6 heteroatoms. The number of hydrogen-bond acceptors (Lipinski definition) is 2. The maximum Gasteiger partial charge on any atom is 0.222 e. The quantitative estimate of drug-likeness (QED) is 0.607. The fourth-order valence-electron chi connectivity index (χ4n) is 2.41. The topological polar surface area (TPSA) is 49.4 Å². The van der Waals surface area contributed by atoms with Gasteiger partial charge in [-0.2, -0.15) is 0 Å². The van der Waals surface area contributed by atoms with Gasteiger partial charge in [-0.3, -0.25) is 9.59 Å². The van der Waals surface area contributed by atoms with Gasteiger partial charge in [0.1, 0.15) is 0 Å². The number of halogens is 2. The van der Waals surface area contributed by atoms with E-state index in [2.05, 4.69) is 35.1 Å². The average Bonchev–Trinajstić information content (AvgIpc) is 2.53. The second-order valence-corrected chi connectivity index (χ2v) is 7.07. The summed E-state index contributed by atoms with van der Waals surface area (Å²) in [6.07, 6.45) is 3.27. The van der Waals surface area contributed by atoms with E-state index in [1.807, 2.05) is 17.0 Å². The summed E-state index contributed by atoms with van der Waals surface area (Å²) in [6, 6.07) is 5.57. The smallest absolute Gasteiger partial charge is 0.222 e. The Morgan fingerprint density at radius 3 is 2.42 bits per heavy atom. The molecular weight excluding hydrogens is 392 g/mol. The molecule has 0 aliphatic heterocycles. The highest BCUT2D eigenvalue weighted by Crippen LogP contribution is 2.21. The van der Waals surface area contributed by atoms with Crippen LogP contribution in [0.5, 0.6) is 0 Å². The Morgan fingerprint density at radius 2 is 1.83 bits per heavy atom. The lowest BCUT2D eigenvalue weighted by Crippen LogP contribution is -2.32. The molecule has 1 rings (SSSR count). The van der Waals surface area contributed by atoms with Crippen molar-refractivity contribution in [1.29, 1.82) is 0 Å². The fourth-order valence-corrected chi connectivity index (χ4v) is 3.15. The third-order valence-electron chi connectivity index (χ3n) is 3.63. The van der Waals surface area contributed by atoms with Crippen molar-refractivity contribution in [1.82, 2.24) is 10.2 Å². The van der Waals surface area contributed by atoms with Crippen LogP contribution in [0.3, 0.4) is 0 Å². The van der Waals surface area contributed by atoms with E-state index in [-0.39, 0.29) is 11.8 Å². The molecule has 0 bridgehead atoms. The predicted molar refractivity (Wildman–Crippen MR) is 102 cm³/mol. The molecule has 0 saturated carbocycles. The minimum absolute atomic E-state index is 0.0562. The number of nitrogens with zero attached hydrogens (tertiary/aromatic N) is 1. The summed E-state index contributed by atoms with van der Waals surface area (Å²) in [4.78, 5) is 25.9. The molecule has 134 valence electrons. The summed E-state index contributed by atoms with van der Waals surface area (Å²) in [5.74, 6) is 0.0850. The zero-order valence-electron chi connectivity index (χ0n) is 14.4. The standard InChI is InChI=1S/C18H26BrClN2O2/c1-3-10-22(11-4-2)18(24)7-5-6-17(23)21-13-14-8-9-15(19)12-16(14)20/h8-9,12H,3-7,10-11,13H2,1-2H3,(H,21,23). The molecule has 0 unspecified atom stereocenters. The Bertz CT molecular complexity index is 546. The molecule has 0 aliphatic rings. The number of hydrogen-bond donors (Lipinski definition) is 1. The molecule has 1 aromatic carbocycles. The van der Waals surface area contributed by atoms with Gasteiger partial charge in [0.25, 0.3) is 0 Å². The van der Waals surface area contributed by atoms with Crippen molar-refractivity contribution in [3.05, 3.63) is 33.3 Å². The summed E-state index contributed by atoms with van der Waals surface area (Å²) >= 11 is 9.47. The first-order valence-corrected chi connectivity index (χ1v) is 9.63. The average molecular weight is 418 g/mol. The number of benzene rings is 1. The van der Waals surface area contributed by atoms with Crippen LogP contribution in [0.1, 0.15) is 51.5 Å². The van der Waals surface area contributed by atoms with Gasteiger partial charge in [0, 0.05) is 42.0 Å². The third-order valence-corrected chi connectivity index (χ3v) is 4.47. The molecule has 0 saturated heterocycles. The minimum atomic E-state index is -0.0562. The highest BCUT2D eigenvalue weighted by Gasteiger charge is 2.12. The molecule has 4 nitrogen and oxygen atoms in total. The van der Waals surface area contributed by atoms with E-state index in [0.717, 1.165) is 36.0 Å². The summed E-state index contributed by atoms with van der Waals surface area (Å²) in [5.41, 5.74) is 0.876. The number of carbonyl (C=O) groups excluding carboxylic acids is 2. The van der Waals surface area contributed by atoms with Crippen LogP contribution in [0.25, 0.3) is 0 Å². The molecule has 0 fully saturated rings. The second kappa shape index (κ2) is 11.5. The fraction of sp³-hybridized carbons (Fsp3) is 0.556. The Kier molecular flexibility index (Phi) is 10.0. The number of carbonyl (C=O) groups is 2. The van der Waals surface area contributed by atoms with Crippen molar-refractivity contribution < 1.29 is 9.59 Å². The molecular formula is C18H26BrClN2O2. The second-order valence-electron chi connectivity index (χ2n) is 5.75. The molecule has 24 heavy (non-hydrogen) atoms. The van der Waals surface area contributed by atoms with Crippen molar-refractivity contribution in [2.75, 3.05) is 13.1 Å². The highest BCUT2D eigenvalue weighted by molar-refractivity contribution is 9.10. The minimum Gasteiger partial charge on any atom is -0.352 e. The van der Waals surface area contributed by atoms with E-state index in [4.69, 9.17) is 11.6 Å². The van der Waals surface area contributed by atoms with Crippen LogP contribution in [0.2, 0.25) is 5.02 Å². The number of nitrogens with one attached hydrogen (secondary N) is 1. The summed E-state index contributed by atoms with van der Waals surface area (Å²) in [6.45, 7) is 6.12. The Balaban J connectivity index is 2.31. The number of amides is 2. The lowest BCUT2D eigenvalue weighted by molar-refractivity contribution is -0.131. The van der Waals surface area contributed by atoms with Crippen LogP contribution in [0.15, 0.2) is 22.7 Å². The molecule has 1 aromatic rings. The molecule has 0 atom stereocenters. The zero-order chi connectivity index (χ0) is 17.9. The lowest BCUT2D eigenvalue weighted by atomic mass is 10.2. The Hall–Kier alpha value is -1.07. The monoisotopic (exact) mass is 416 g/mol. The van der Waals surface area contributed by atoms with Gasteiger partial charge in [0.15, 0.2) is 0 Å². The van der Waals surface area contributed by atoms with Crippen LogP contribution in [0, 0.1) is 0 Å². The van der Waals surface area contributed by atoms with Gasteiger partial charge in [-0.15, -0.1) is 0 Å². The maximum absolute atomic E-state index is 12.1. The largest absolute Gasteiger partial charge is 0.352 e. The van der Waals surface area contributed by atoms with Crippen LogP contribution in [0.4, 0.5) is 0 Å². The molecule has 2 amide bonds. The first-order chi connectivity index (χ1) is 11.5. The maximum atomic E-state index is 12.1. The SMILES string of the molecule is CCCN(CCC)C(=O)CCCC(=O)NCc1ccc(Br)cc1Cl. The van der Waals surface area contributed by atoms with Gasteiger partial charge in [-0.1, -0.05) is 47.4 Å². The molecule has 1 N–H and O–H groups in total. The van der Waals surface area contributed by atoms with E-state index < -0.39 is 0 Å². The zero-order valence-corrected chi connectivity index (χ0v) is 16.8. The molecule has 0 aromatic heterocycles. The van der Waals surface area contributed by atoms with Crippen LogP contribution < -0.4 is 5.32 Å². The van der Waals surface area contributed by atoms with E-state index in [1.165, 1.54) is 0 Å². The van der Waals surface area contributed by atoms with Gasteiger partial charge in [-0.05, 0) is 37.0 Å². The van der Waals surface area contributed by atoms with Crippen molar-refractivity contribution in [3.63, 3.8) is 0 Å². The van der Waals surface area contributed by atoms with Crippen molar-refractivity contribution in [2.45, 2.75) is 52.5 Å². The summed E-state index contributed by atoms with van der Waals surface area (Å²) in [7, 11) is 0. The molecule has 0 aliphatic carbocycles. The van der Waals surface area contributed by atoms with E-state index in [9.17, 15) is 9.59 Å². The summed E-state index contributed by atoms with van der Waals surface area (Å²) in [5, 5.41) is 3.47. The van der Waals surface area contributed by atoms with Crippen molar-refractivity contribution in [3.8, 4) is 0 Å². The molecule has 0 spiro atoms. The first-order valence-electron chi connectivity index (χ1n) is 8.46. The highest BCUT2D eigenvalue weighted by atomic mass is 79.9. The molecule has 0 radical (unpaired) electrons. The van der Waals surface area contributed by atoms with Crippen LogP contribution in [-0.2, 0) is 16.1 Å².